The number of fused-ring (bicyclic) bond motifs is 1. The molecule has 3 heterocycles. The topological polar surface area (TPSA) is 141 Å². The van der Waals surface area contributed by atoms with E-state index in [0.29, 0.717) is 28.7 Å². The predicted molar refractivity (Wildman–Crippen MR) is 111 cm³/mol. The Morgan fingerprint density at radius 2 is 2.03 bits per heavy atom. The second-order valence-corrected chi connectivity index (χ2v) is 7.56. The molecule has 2 amide bonds. The van der Waals surface area contributed by atoms with Gasteiger partial charge >= 0.3 is 11.8 Å². The van der Waals surface area contributed by atoms with Crippen molar-refractivity contribution in [1.82, 2.24) is 20.1 Å². The first kappa shape index (κ1) is 19.4. The molecule has 0 bridgehead atoms. The van der Waals surface area contributed by atoms with Crippen molar-refractivity contribution < 1.29 is 9.59 Å². The summed E-state index contributed by atoms with van der Waals surface area (Å²) in [6, 6.07) is 9.01. The van der Waals surface area contributed by atoms with Crippen LogP contribution in [-0.2, 0) is 9.59 Å². The first-order valence-electron chi connectivity index (χ1n) is 9.67. The highest BCUT2D eigenvalue weighted by Crippen LogP contribution is 2.34. The molecule has 3 aromatic rings. The molecule has 1 aliphatic heterocycles. The Kier molecular flexibility index (Phi) is 5.06. The molecule has 1 fully saturated rings. The summed E-state index contributed by atoms with van der Waals surface area (Å²) in [4.78, 5) is 31.6. The molecule has 4 rings (SSSR count). The first-order valence-corrected chi connectivity index (χ1v) is 9.67. The van der Waals surface area contributed by atoms with Crippen LogP contribution in [0.5, 0.6) is 0 Å². The van der Waals surface area contributed by atoms with Crippen LogP contribution < -0.4 is 11.1 Å². The number of H-pyrrole nitrogens is 1. The third-order valence-corrected chi connectivity index (χ3v) is 5.46. The highest BCUT2D eigenvalue weighted by Gasteiger charge is 2.34. The SMILES string of the molecule is C[C@H]1CC[C@H](c2ccc(C#N)cc2)N(C(=O)C(=O)Nc2cnc(N)c3cn[nH]c23)C1. The van der Waals surface area contributed by atoms with Gasteiger partial charge in [-0.05, 0) is 36.5 Å². The molecular formula is C21H21N7O2. The minimum Gasteiger partial charge on any atom is -0.383 e. The fourth-order valence-corrected chi connectivity index (χ4v) is 3.86. The van der Waals surface area contributed by atoms with E-state index in [1.165, 1.54) is 12.4 Å². The van der Waals surface area contributed by atoms with Gasteiger partial charge in [-0.25, -0.2) is 4.98 Å². The van der Waals surface area contributed by atoms with Gasteiger partial charge in [0.2, 0.25) is 0 Å². The number of carbonyl (C=O) groups excluding carboxylic acids is 2. The lowest BCUT2D eigenvalue weighted by atomic mass is 9.89. The molecule has 0 aliphatic carbocycles. The lowest BCUT2D eigenvalue weighted by Crippen LogP contribution is -2.46. The molecule has 1 aromatic carbocycles. The molecule has 4 N–H and O–H groups in total. The summed E-state index contributed by atoms with van der Waals surface area (Å²) >= 11 is 0. The van der Waals surface area contributed by atoms with Crippen molar-refractivity contribution in [2.24, 2.45) is 5.92 Å². The average molecular weight is 403 g/mol. The summed E-state index contributed by atoms with van der Waals surface area (Å²) in [7, 11) is 0. The number of benzene rings is 1. The number of nitrogens with one attached hydrogen (secondary N) is 2. The number of hydrogen-bond acceptors (Lipinski definition) is 6. The maximum Gasteiger partial charge on any atom is 0.314 e. The van der Waals surface area contributed by atoms with E-state index in [0.717, 1.165) is 18.4 Å². The van der Waals surface area contributed by atoms with Gasteiger partial charge in [-0.1, -0.05) is 19.1 Å². The minimum absolute atomic E-state index is 0.219. The van der Waals surface area contributed by atoms with E-state index < -0.39 is 11.8 Å². The predicted octanol–water partition coefficient (Wildman–Crippen LogP) is 2.35. The van der Waals surface area contributed by atoms with Crippen LogP contribution in [-0.4, -0.2) is 38.4 Å². The number of nitrogen functional groups attached to an aromatic ring is 1. The Bertz CT molecular complexity index is 1150. The highest BCUT2D eigenvalue weighted by atomic mass is 16.2. The molecule has 2 atom stereocenters. The lowest BCUT2D eigenvalue weighted by Gasteiger charge is -2.38. The van der Waals surface area contributed by atoms with Crippen LogP contribution in [0.2, 0.25) is 0 Å². The lowest BCUT2D eigenvalue weighted by molar-refractivity contribution is -0.146. The molecule has 9 nitrogen and oxygen atoms in total. The number of piperidine rings is 1. The summed E-state index contributed by atoms with van der Waals surface area (Å²) in [5, 5.41) is 18.9. The third kappa shape index (κ3) is 3.55. The number of nitriles is 1. The molecule has 0 radical (unpaired) electrons. The van der Waals surface area contributed by atoms with E-state index in [-0.39, 0.29) is 17.8 Å². The van der Waals surface area contributed by atoms with Crippen LogP contribution in [0.3, 0.4) is 0 Å². The van der Waals surface area contributed by atoms with E-state index in [2.05, 4.69) is 33.5 Å². The average Bonchev–Trinajstić information content (AvgIpc) is 3.26. The number of rotatable bonds is 2. The van der Waals surface area contributed by atoms with Gasteiger partial charge in [0.15, 0.2) is 0 Å². The number of nitrogens with zero attached hydrogens (tertiary/aromatic N) is 4. The molecule has 0 unspecified atom stereocenters. The van der Waals surface area contributed by atoms with Gasteiger partial charge in [0.25, 0.3) is 0 Å². The van der Waals surface area contributed by atoms with Crippen LogP contribution in [0.4, 0.5) is 11.5 Å². The van der Waals surface area contributed by atoms with Crippen LogP contribution in [0.1, 0.15) is 36.9 Å². The van der Waals surface area contributed by atoms with E-state index in [4.69, 9.17) is 11.0 Å². The first-order chi connectivity index (χ1) is 14.5. The molecule has 9 heteroatoms. The molecule has 2 aromatic heterocycles. The Morgan fingerprint density at radius 3 is 2.77 bits per heavy atom. The van der Waals surface area contributed by atoms with Crippen molar-refractivity contribution in [2.45, 2.75) is 25.8 Å². The summed E-state index contributed by atoms with van der Waals surface area (Å²) < 4.78 is 0. The second-order valence-electron chi connectivity index (χ2n) is 7.56. The molecule has 152 valence electrons. The number of carbonyl (C=O) groups is 2. The number of nitrogens with two attached hydrogens (primary N) is 1. The van der Waals surface area contributed by atoms with Gasteiger partial charge in [0, 0.05) is 6.54 Å². The van der Waals surface area contributed by atoms with Crippen molar-refractivity contribution in [3.63, 3.8) is 0 Å². The zero-order valence-electron chi connectivity index (χ0n) is 16.4. The van der Waals surface area contributed by atoms with Crippen molar-refractivity contribution in [3.05, 3.63) is 47.8 Å². The maximum atomic E-state index is 13.1. The van der Waals surface area contributed by atoms with Crippen molar-refractivity contribution in [1.29, 1.82) is 5.26 Å². The molecule has 1 aliphatic rings. The largest absolute Gasteiger partial charge is 0.383 e. The zero-order valence-corrected chi connectivity index (χ0v) is 16.4. The molecule has 0 spiro atoms. The van der Waals surface area contributed by atoms with Crippen LogP contribution in [0.15, 0.2) is 36.7 Å². The van der Waals surface area contributed by atoms with E-state index in [9.17, 15) is 9.59 Å². The van der Waals surface area contributed by atoms with Gasteiger partial charge < -0.3 is 16.0 Å². The zero-order chi connectivity index (χ0) is 21.3. The summed E-state index contributed by atoms with van der Waals surface area (Å²) in [5.74, 6) is -0.784. The van der Waals surface area contributed by atoms with Crippen molar-refractivity contribution in [3.8, 4) is 6.07 Å². The number of amides is 2. The number of aromatic amines is 1. The third-order valence-electron chi connectivity index (χ3n) is 5.46. The minimum atomic E-state index is -0.745. The Hall–Kier alpha value is -3.93. The number of likely N-dealkylation sites (tertiary alicyclic amines) is 1. The van der Waals surface area contributed by atoms with Gasteiger partial charge in [0.1, 0.15) is 5.82 Å². The van der Waals surface area contributed by atoms with Crippen molar-refractivity contribution >= 4 is 34.2 Å². The Morgan fingerprint density at radius 1 is 1.27 bits per heavy atom. The number of pyridine rings is 1. The van der Waals surface area contributed by atoms with Crippen LogP contribution in [0.25, 0.3) is 10.9 Å². The smallest absolute Gasteiger partial charge is 0.314 e. The standard InChI is InChI=1S/C21H21N7O2/c1-12-2-7-17(14-5-3-13(8-22)4-6-14)28(11-12)21(30)20(29)26-16-10-24-19(23)15-9-25-27-18(15)16/h3-6,9-10,12,17H,2,7,11H2,1H3,(H2,23,24)(H,25,27)(H,26,29)/t12-,17+/m0/s1. The maximum absolute atomic E-state index is 13.1. The summed E-state index contributed by atoms with van der Waals surface area (Å²) in [5.41, 5.74) is 8.14. The Labute approximate surface area is 172 Å². The number of aromatic nitrogens is 3. The molecule has 1 saturated heterocycles. The van der Waals surface area contributed by atoms with E-state index in [1.54, 1.807) is 17.0 Å². The van der Waals surface area contributed by atoms with Crippen LogP contribution >= 0.6 is 0 Å². The molecular weight excluding hydrogens is 382 g/mol. The van der Waals surface area contributed by atoms with Crippen molar-refractivity contribution in [2.75, 3.05) is 17.6 Å². The summed E-state index contributed by atoms with van der Waals surface area (Å²) in [6.07, 6.45) is 4.62. The highest BCUT2D eigenvalue weighted by molar-refractivity contribution is 6.40. The Balaban J connectivity index is 1.58. The quantitative estimate of drug-likeness (QED) is 0.561. The second kappa shape index (κ2) is 7.83. The molecule has 0 saturated carbocycles. The monoisotopic (exact) mass is 403 g/mol. The van der Waals surface area contributed by atoms with Gasteiger partial charge in [-0.3, -0.25) is 14.7 Å². The van der Waals surface area contributed by atoms with Gasteiger partial charge in [0.05, 0.1) is 46.7 Å². The normalized spacial score (nSPS) is 18.7. The fourth-order valence-electron chi connectivity index (χ4n) is 3.86. The van der Waals surface area contributed by atoms with Crippen LogP contribution in [0, 0.1) is 17.2 Å². The van der Waals surface area contributed by atoms with E-state index >= 15 is 0 Å². The van der Waals surface area contributed by atoms with Gasteiger partial charge in [-0.2, -0.15) is 10.4 Å². The number of anilines is 2. The van der Waals surface area contributed by atoms with E-state index in [1.807, 2.05) is 12.1 Å². The summed E-state index contributed by atoms with van der Waals surface area (Å²) in [6.45, 7) is 2.54. The molecule has 30 heavy (non-hydrogen) atoms. The number of hydrogen-bond donors (Lipinski definition) is 3. The van der Waals surface area contributed by atoms with Gasteiger partial charge in [-0.15, -0.1) is 0 Å². The fraction of sp³-hybridized carbons (Fsp3) is 0.286.